The summed E-state index contributed by atoms with van der Waals surface area (Å²) >= 11 is 0. The van der Waals surface area contributed by atoms with Crippen molar-refractivity contribution in [2.24, 2.45) is 0 Å². The Morgan fingerprint density at radius 3 is 1.46 bits per heavy atom. The fraction of sp³-hybridized carbons (Fsp3) is 0.394. The monoisotopic (exact) mass is 498 g/mol. The molecule has 0 aliphatic heterocycles. The van der Waals surface area contributed by atoms with Crippen LogP contribution in [0.15, 0.2) is 91.9 Å². The van der Waals surface area contributed by atoms with Gasteiger partial charge in [0.15, 0.2) is 0 Å². The van der Waals surface area contributed by atoms with Crippen molar-refractivity contribution < 1.29 is 0 Å². The lowest BCUT2D eigenvalue weighted by Crippen LogP contribution is -1.91. The lowest BCUT2D eigenvalue weighted by Gasteiger charge is -2.06. The lowest BCUT2D eigenvalue weighted by molar-refractivity contribution is 0.823. The minimum absolute atomic E-state index is 0.547. The van der Waals surface area contributed by atoms with Gasteiger partial charge in [-0.3, -0.25) is 19.9 Å². The first-order valence-corrected chi connectivity index (χ1v) is 13.2. The van der Waals surface area contributed by atoms with Crippen LogP contribution in [0.2, 0.25) is 0 Å². The van der Waals surface area contributed by atoms with Gasteiger partial charge in [0, 0.05) is 49.1 Å². The molecule has 198 valence electrons. The molecule has 4 aromatic rings. The van der Waals surface area contributed by atoms with Crippen molar-refractivity contribution in [3.05, 3.63) is 120 Å². The van der Waals surface area contributed by atoms with E-state index in [1.165, 1.54) is 22.3 Å². The normalized spacial score (nSPS) is 10.2. The molecular formula is C33H46N4. The van der Waals surface area contributed by atoms with E-state index in [1.807, 2.05) is 73.6 Å². The maximum absolute atomic E-state index is 4.18. The van der Waals surface area contributed by atoms with Gasteiger partial charge in [0.05, 0.1) is 0 Å². The van der Waals surface area contributed by atoms with E-state index in [0.29, 0.717) is 23.7 Å². The first-order chi connectivity index (χ1) is 17.6. The molecule has 0 aromatic carbocycles. The Morgan fingerprint density at radius 2 is 1.11 bits per heavy atom. The first kappa shape index (κ1) is 31.6. The van der Waals surface area contributed by atoms with Crippen molar-refractivity contribution in [3.63, 3.8) is 0 Å². The number of hydrogen-bond donors (Lipinski definition) is 0. The van der Waals surface area contributed by atoms with E-state index in [-0.39, 0.29) is 0 Å². The van der Waals surface area contributed by atoms with Crippen molar-refractivity contribution in [2.75, 3.05) is 0 Å². The molecule has 4 nitrogen and oxygen atoms in total. The predicted octanol–water partition coefficient (Wildman–Crippen LogP) is 9.13. The fourth-order valence-corrected chi connectivity index (χ4v) is 3.26. The number of hydrogen-bond acceptors (Lipinski definition) is 4. The molecule has 4 heteroatoms. The summed E-state index contributed by atoms with van der Waals surface area (Å²) in [6.07, 6.45) is 13.0. The Hall–Kier alpha value is -3.40. The van der Waals surface area contributed by atoms with E-state index in [1.54, 1.807) is 6.20 Å². The highest BCUT2D eigenvalue weighted by Gasteiger charge is 2.00. The van der Waals surface area contributed by atoms with Crippen molar-refractivity contribution >= 4 is 0 Å². The number of pyridine rings is 4. The van der Waals surface area contributed by atoms with Crippen molar-refractivity contribution in [3.8, 4) is 0 Å². The van der Waals surface area contributed by atoms with Crippen LogP contribution < -0.4 is 0 Å². The molecule has 0 atom stereocenters. The minimum atomic E-state index is 0.547. The molecule has 0 fully saturated rings. The Kier molecular flexibility index (Phi) is 15.3. The van der Waals surface area contributed by atoms with E-state index in [4.69, 9.17) is 0 Å². The Bertz CT molecular complexity index is 973. The van der Waals surface area contributed by atoms with Crippen LogP contribution in [0.3, 0.4) is 0 Å². The molecule has 0 bridgehead atoms. The average Bonchev–Trinajstić information content (AvgIpc) is 2.91. The highest BCUT2D eigenvalue weighted by atomic mass is 14.7. The van der Waals surface area contributed by atoms with Gasteiger partial charge in [-0.25, -0.2) is 0 Å². The number of nitrogens with zero attached hydrogens (tertiary/aromatic N) is 4. The maximum atomic E-state index is 4.18. The zero-order chi connectivity index (χ0) is 27.6. The van der Waals surface area contributed by atoms with Gasteiger partial charge in [-0.15, -0.1) is 0 Å². The molecule has 4 rings (SSSR count). The van der Waals surface area contributed by atoms with Gasteiger partial charge in [-0.2, -0.15) is 0 Å². The van der Waals surface area contributed by atoms with Crippen LogP contribution in [0.5, 0.6) is 0 Å². The topological polar surface area (TPSA) is 51.6 Å². The number of aryl methyl sites for hydroxylation is 1. The summed E-state index contributed by atoms with van der Waals surface area (Å²) in [4.78, 5) is 16.2. The summed E-state index contributed by atoms with van der Waals surface area (Å²) in [7, 11) is 0. The standard InChI is InChI=1S/C9H13N.3C8H11N/c1-7(2)9-6-10-5-4-8(9)3;1-7(2)8-3-5-9-6-4-8;1-7(2)8-4-3-5-9-6-8;1-7(2)8-5-3-4-6-9-8/h4-7H,1-3H3;3*3-7H,1-2H3. The van der Waals surface area contributed by atoms with Crippen LogP contribution in [0.4, 0.5) is 0 Å². The summed E-state index contributed by atoms with van der Waals surface area (Å²) in [5, 5.41) is 0. The number of rotatable bonds is 4. The second-order valence-corrected chi connectivity index (χ2v) is 10.2. The second kappa shape index (κ2) is 17.9. The highest BCUT2D eigenvalue weighted by molar-refractivity contribution is 5.24. The second-order valence-electron chi connectivity index (χ2n) is 10.2. The van der Waals surface area contributed by atoms with Gasteiger partial charge in [0.25, 0.3) is 0 Å². The van der Waals surface area contributed by atoms with Gasteiger partial charge in [0.2, 0.25) is 0 Å². The third-order valence-corrected chi connectivity index (χ3v) is 5.70. The average molecular weight is 499 g/mol. The third kappa shape index (κ3) is 13.5. The molecule has 0 saturated carbocycles. The van der Waals surface area contributed by atoms with Crippen molar-refractivity contribution in [1.82, 2.24) is 19.9 Å². The summed E-state index contributed by atoms with van der Waals surface area (Å²) in [5.74, 6) is 2.35. The SMILES string of the molecule is CC(C)c1ccccn1.CC(C)c1cccnc1.CC(C)c1ccncc1.Cc1ccncc1C(C)C. The molecule has 0 spiro atoms. The van der Waals surface area contributed by atoms with Crippen LogP contribution in [0, 0.1) is 6.92 Å². The molecule has 0 N–H and O–H groups in total. The maximum Gasteiger partial charge on any atom is 0.0428 e. The minimum Gasteiger partial charge on any atom is -0.265 e. The van der Waals surface area contributed by atoms with Gasteiger partial charge >= 0.3 is 0 Å². The Labute approximate surface area is 225 Å². The van der Waals surface area contributed by atoms with Crippen molar-refractivity contribution in [1.29, 1.82) is 0 Å². The van der Waals surface area contributed by atoms with Gasteiger partial charge < -0.3 is 0 Å². The zero-order valence-corrected chi connectivity index (χ0v) is 24.3. The van der Waals surface area contributed by atoms with E-state index in [2.05, 4.69) is 94.4 Å². The smallest absolute Gasteiger partial charge is 0.0428 e. The molecule has 0 aliphatic rings. The first-order valence-electron chi connectivity index (χ1n) is 13.2. The van der Waals surface area contributed by atoms with Crippen LogP contribution in [-0.4, -0.2) is 19.9 Å². The molecule has 0 aliphatic carbocycles. The summed E-state index contributed by atoms with van der Waals surface area (Å²) in [6, 6.07) is 16.2. The number of aromatic nitrogens is 4. The van der Waals surface area contributed by atoms with Crippen molar-refractivity contribution in [2.45, 2.75) is 86.0 Å². The summed E-state index contributed by atoms with van der Waals surface area (Å²) in [5.41, 5.74) is 6.51. The van der Waals surface area contributed by atoms with E-state index in [0.717, 1.165) is 5.69 Å². The highest BCUT2D eigenvalue weighted by Crippen LogP contribution is 2.16. The molecule has 4 aromatic heterocycles. The molecule has 0 amide bonds. The van der Waals surface area contributed by atoms with E-state index in [9.17, 15) is 0 Å². The van der Waals surface area contributed by atoms with Gasteiger partial charge in [0.1, 0.15) is 0 Å². The molecule has 0 radical (unpaired) electrons. The van der Waals surface area contributed by atoms with E-state index >= 15 is 0 Å². The third-order valence-electron chi connectivity index (χ3n) is 5.70. The summed E-state index contributed by atoms with van der Waals surface area (Å²) < 4.78 is 0. The van der Waals surface area contributed by atoms with Crippen LogP contribution >= 0.6 is 0 Å². The van der Waals surface area contributed by atoms with Gasteiger partial charge in [-0.1, -0.05) is 67.5 Å². The molecular weight excluding hydrogens is 452 g/mol. The zero-order valence-electron chi connectivity index (χ0n) is 24.3. The molecule has 4 heterocycles. The lowest BCUT2D eigenvalue weighted by atomic mass is 10.0. The van der Waals surface area contributed by atoms with Crippen LogP contribution in [-0.2, 0) is 0 Å². The Morgan fingerprint density at radius 1 is 0.486 bits per heavy atom. The quantitative estimate of drug-likeness (QED) is 0.281. The summed E-state index contributed by atoms with van der Waals surface area (Å²) in [6.45, 7) is 19.5. The molecule has 37 heavy (non-hydrogen) atoms. The predicted molar refractivity (Wildman–Crippen MR) is 158 cm³/mol. The van der Waals surface area contributed by atoms with E-state index < -0.39 is 0 Å². The van der Waals surface area contributed by atoms with Crippen LogP contribution in [0.1, 0.15) is 107 Å². The Balaban J connectivity index is 0.000000247. The molecule has 0 unspecified atom stereocenters. The largest absolute Gasteiger partial charge is 0.265 e. The van der Waals surface area contributed by atoms with Gasteiger partial charge in [-0.05, 0) is 89.2 Å². The molecule has 0 saturated heterocycles. The fourth-order valence-electron chi connectivity index (χ4n) is 3.26. The van der Waals surface area contributed by atoms with Crippen LogP contribution in [0.25, 0.3) is 0 Å².